The van der Waals surface area contributed by atoms with E-state index in [0.29, 0.717) is 6.54 Å². The molecule has 3 rings (SSSR count). The van der Waals surface area contributed by atoms with Crippen LogP contribution in [0.4, 0.5) is 0 Å². The SMILES string of the molecule is Cc1ccccc1-c1nc(C2(CN)CCC2)[nH]c1C. The summed E-state index contributed by atoms with van der Waals surface area (Å²) in [4.78, 5) is 8.34. The van der Waals surface area contributed by atoms with Gasteiger partial charge in [-0.1, -0.05) is 30.7 Å². The number of benzene rings is 1. The summed E-state index contributed by atoms with van der Waals surface area (Å²) in [5.41, 5.74) is 10.8. The van der Waals surface area contributed by atoms with Gasteiger partial charge in [-0.3, -0.25) is 0 Å². The number of nitrogens with zero attached hydrogens (tertiary/aromatic N) is 1. The minimum atomic E-state index is 0.103. The number of H-pyrrole nitrogens is 1. The molecular weight excluding hydrogens is 234 g/mol. The van der Waals surface area contributed by atoms with Crippen LogP contribution in [0.1, 0.15) is 36.3 Å². The molecule has 2 aromatic rings. The highest BCUT2D eigenvalue weighted by Crippen LogP contribution is 2.42. The van der Waals surface area contributed by atoms with E-state index in [4.69, 9.17) is 10.7 Å². The molecule has 0 saturated heterocycles. The first kappa shape index (κ1) is 12.4. The molecule has 100 valence electrons. The second-order valence-electron chi connectivity index (χ2n) is 5.71. The van der Waals surface area contributed by atoms with Crippen molar-refractivity contribution in [3.63, 3.8) is 0 Å². The first-order valence-corrected chi connectivity index (χ1v) is 6.99. The lowest BCUT2D eigenvalue weighted by molar-refractivity contribution is 0.239. The van der Waals surface area contributed by atoms with Crippen LogP contribution in [-0.4, -0.2) is 16.5 Å². The number of nitrogens with two attached hydrogens (primary N) is 1. The van der Waals surface area contributed by atoms with E-state index < -0.39 is 0 Å². The number of aromatic nitrogens is 2. The molecular formula is C16H21N3. The van der Waals surface area contributed by atoms with Crippen LogP contribution >= 0.6 is 0 Å². The van der Waals surface area contributed by atoms with Gasteiger partial charge in [0.05, 0.1) is 5.69 Å². The standard InChI is InChI=1S/C16H21N3/c1-11-6-3-4-7-13(11)14-12(2)18-15(19-14)16(10-17)8-5-9-16/h3-4,6-7H,5,8-10,17H2,1-2H3,(H,18,19). The van der Waals surface area contributed by atoms with Crippen LogP contribution in [0.15, 0.2) is 24.3 Å². The Hall–Kier alpha value is -1.61. The zero-order valence-electron chi connectivity index (χ0n) is 11.7. The lowest BCUT2D eigenvalue weighted by Crippen LogP contribution is -2.42. The number of aromatic amines is 1. The zero-order chi connectivity index (χ0) is 13.5. The van der Waals surface area contributed by atoms with E-state index in [1.165, 1.54) is 17.5 Å². The topological polar surface area (TPSA) is 54.7 Å². The maximum absolute atomic E-state index is 5.97. The summed E-state index contributed by atoms with van der Waals surface area (Å²) in [5.74, 6) is 1.08. The van der Waals surface area contributed by atoms with E-state index in [2.05, 4.69) is 43.1 Å². The summed E-state index contributed by atoms with van der Waals surface area (Å²) in [5, 5.41) is 0. The zero-order valence-corrected chi connectivity index (χ0v) is 11.7. The smallest absolute Gasteiger partial charge is 0.114 e. The van der Waals surface area contributed by atoms with Gasteiger partial charge in [-0.15, -0.1) is 0 Å². The highest BCUT2D eigenvalue weighted by molar-refractivity contribution is 5.65. The number of hydrogen-bond acceptors (Lipinski definition) is 2. The van der Waals surface area contributed by atoms with Gasteiger partial charge < -0.3 is 10.7 Å². The molecule has 0 bridgehead atoms. The van der Waals surface area contributed by atoms with Crippen LogP contribution in [0.25, 0.3) is 11.3 Å². The van der Waals surface area contributed by atoms with Crippen molar-refractivity contribution >= 4 is 0 Å². The molecule has 19 heavy (non-hydrogen) atoms. The first-order valence-electron chi connectivity index (χ1n) is 6.99. The largest absolute Gasteiger partial charge is 0.345 e. The molecule has 1 aliphatic rings. The number of aryl methyl sites for hydroxylation is 2. The van der Waals surface area contributed by atoms with E-state index in [9.17, 15) is 0 Å². The van der Waals surface area contributed by atoms with E-state index in [1.807, 2.05) is 0 Å². The summed E-state index contributed by atoms with van der Waals surface area (Å²) in [6, 6.07) is 8.40. The molecule has 1 saturated carbocycles. The van der Waals surface area contributed by atoms with Crippen molar-refractivity contribution in [3.05, 3.63) is 41.3 Å². The number of nitrogens with one attached hydrogen (secondary N) is 1. The molecule has 3 heteroatoms. The third kappa shape index (κ3) is 1.89. The Bertz CT molecular complexity index is 588. The molecule has 1 fully saturated rings. The predicted molar refractivity (Wildman–Crippen MR) is 78.1 cm³/mol. The average molecular weight is 255 g/mol. The highest BCUT2D eigenvalue weighted by atomic mass is 15.0. The molecule has 3 nitrogen and oxygen atoms in total. The van der Waals surface area contributed by atoms with E-state index in [0.717, 1.165) is 30.1 Å². The minimum absolute atomic E-state index is 0.103. The molecule has 0 amide bonds. The maximum atomic E-state index is 5.97. The summed E-state index contributed by atoms with van der Waals surface area (Å²) in [7, 11) is 0. The normalized spacial score (nSPS) is 17.2. The molecule has 1 aromatic heterocycles. The minimum Gasteiger partial charge on any atom is -0.345 e. The van der Waals surface area contributed by atoms with Gasteiger partial charge in [-0.05, 0) is 32.3 Å². The third-order valence-corrected chi connectivity index (χ3v) is 4.49. The van der Waals surface area contributed by atoms with Gasteiger partial charge in [0.1, 0.15) is 5.82 Å². The fourth-order valence-electron chi connectivity index (χ4n) is 2.95. The van der Waals surface area contributed by atoms with Gasteiger partial charge in [-0.25, -0.2) is 4.98 Å². The van der Waals surface area contributed by atoms with Crippen molar-refractivity contribution in [3.8, 4) is 11.3 Å². The van der Waals surface area contributed by atoms with Crippen molar-refractivity contribution in [2.24, 2.45) is 5.73 Å². The molecule has 0 unspecified atom stereocenters. The molecule has 0 atom stereocenters. The van der Waals surface area contributed by atoms with Gasteiger partial charge >= 0.3 is 0 Å². The first-order chi connectivity index (χ1) is 9.16. The van der Waals surface area contributed by atoms with Crippen molar-refractivity contribution in [1.82, 2.24) is 9.97 Å². The Labute approximate surface area is 114 Å². The Kier molecular flexibility index (Phi) is 2.94. The third-order valence-electron chi connectivity index (χ3n) is 4.49. The maximum Gasteiger partial charge on any atom is 0.114 e. The molecule has 1 heterocycles. The monoisotopic (exact) mass is 255 g/mol. The molecule has 1 aliphatic carbocycles. The molecule has 0 radical (unpaired) electrons. The second-order valence-corrected chi connectivity index (χ2v) is 5.71. The van der Waals surface area contributed by atoms with Gasteiger partial charge in [0.15, 0.2) is 0 Å². The predicted octanol–water partition coefficient (Wildman–Crippen LogP) is 3.07. The van der Waals surface area contributed by atoms with Crippen LogP contribution in [0.2, 0.25) is 0 Å². The number of imidazole rings is 1. The summed E-state index contributed by atoms with van der Waals surface area (Å²) in [6.07, 6.45) is 3.57. The second kappa shape index (κ2) is 4.49. The Balaban J connectivity index is 2.05. The molecule has 0 aliphatic heterocycles. The van der Waals surface area contributed by atoms with Crippen LogP contribution in [0.5, 0.6) is 0 Å². The van der Waals surface area contributed by atoms with Crippen LogP contribution in [-0.2, 0) is 5.41 Å². The molecule has 3 N–H and O–H groups in total. The van der Waals surface area contributed by atoms with E-state index in [-0.39, 0.29) is 5.41 Å². The number of hydrogen-bond donors (Lipinski definition) is 2. The van der Waals surface area contributed by atoms with Crippen molar-refractivity contribution in [2.45, 2.75) is 38.5 Å². The van der Waals surface area contributed by atoms with E-state index >= 15 is 0 Å². The van der Waals surface area contributed by atoms with Gasteiger partial charge in [-0.2, -0.15) is 0 Å². The quantitative estimate of drug-likeness (QED) is 0.885. The van der Waals surface area contributed by atoms with Crippen molar-refractivity contribution < 1.29 is 0 Å². The van der Waals surface area contributed by atoms with Gasteiger partial charge in [0.2, 0.25) is 0 Å². The Morgan fingerprint density at radius 3 is 2.58 bits per heavy atom. The molecule has 1 aromatic carbocycles. The van der Waals surface area contributed by atoms with Crippen LogP contribution < -0.4 is 5.73 Å². The fraction of sp³-hybridized carbons (Fsp3) is 0.438. The van der Waals surface area contributed by atoms with Crippen LogP contribution in [0.3, 0.4) is 0 Å². The lowest BCUT2D eigenvalue weighted by Gasteiger charge is -2.39. The fourth-order valence-corrected chi connectivity index (χ4v) is 2.95. The van der Waals surface area contributed by atoms with Gasteiger partial charge in [0.25, 0.3) is 0 Å². The lowest BCUT2D eigenvalue weighted by atomic mass is 9.68. The van der Waals surface area contributed by atoms with Crippen LogP contribution in [0, 0.1) is 13.8 Å². The average Bonchev–Trinajstić information content (AvgIpc) is 2.72. The summed E-state index contributed by atoms with van der Waals surface area (Å²) in [6.45, 7) is 4.92. The Morgan fingerprint density at radius 2 is 2.00 bits per heavy atom. The Morgan fingerprint density at radius 1 is 1.26 bits per heavy atom. The van der Waals surface area contributed by atoms with E-state index in [1.54, 1.807) is 0 Å². The number of rotatable bonds is 3. The van der Waals surface area contributed by atoms with Crippen molar-refractivity contribution in [2.75, 3.05) is 6.54 Å². The summed E-state index contributed by atoms with van der Waals surface area (Å²) >= 11 is 0. The van der Waals surface area contributed by atoms with Gasteiger partial charge in [0, 0.05) is 23.2 Å². The highest BCUT2D eigenvalue weighted by Gasteiger charge is 2.40. The summed E-state index contributed by atoms with van der Waals surface area (Å²) < 4.78 is 0. The molecule has 0 spiro atoms. The van der Waals surface area contributed by atoms with Crippen molar-refractivity contribution in [1.29, 1.82) is 0 Å².